The van der Waals surface area contributed by atoms with Gasteiger partial charge in [0, 0.05) is 16.0 Å². The highest BCUT2D eigenvalue weighted by atomic mass is 32.2. The van der Waals surface area contributed by atoms with Crippen molar-refractivity contribution in [1.82, 2.24) is 0 Å². The number of thioether (sulfide) groups is 1. The Balaban J connectivity index is 1.88. The summed E-state index contributed by atoms with van der Waals surface area (Å²) in [6.07, 6.45) is 0. The van der Waals surface area contributed by atoms with Gasteiger partial charge in [-0.15, -0.1) is 0 Å². The van der Waals surface area contributed by atoms with Gasteiger partial charge in [0.2, 0.25) is 5.78 Å². The number of ketones is 1. The number of allylic oxidation sites excluding steroid dienone is 1. The van der Waals surface area contributed by atoms with E-state index >= 15 is 0 Å². The first-order valence-electron chi connectivity index (χ1n) is 9.66. The molecule has 0 amide bonds. The summed E-state index contributed by atoms with van der Waals surface area (Å²) in [5.74, 6) is 1.16. The molecule has 0 fully saturated rings. The first-order chi connectivity index (χ1) is 14.8. The fraction of sp³-hybridized carbons (Fsp3) is 0. The zero-order valence-electron chi connectivity index (χ0n) is 16.3. The van der Waals surface area contributed by atoms with Gasteiger partial charge < -0.3 is 4.74 Å². The molecule has 4 aromatic carbocycles. The van der Waals surface area contributed by atoms with Crippen LogP contribution in [0.3, 0.4) is 0 Å². The molecule has 30 heavy (non-hydrogen) atoms. The molecular weight excluding hydrogens is 388 g/mol. The van der Waals surface area contributed by atoms with Gasteiger partial charge in [-0.05, 0) is 24.3 Å². The largest absolute Gasteiger partial charge is 0.455 e. The lowest BCUT2D eigenvalue weighted by Crippen LogP contribution is -2.08. The fourth-order valence-corrected chi connectivity index (χ4v) is 3.95. The third kappa shape index (κ3) is 4.88. The van der Waals surface area contributed by atoms with Crippen LogP contribution in [0.2, 0.25) is 0 Å². The van der Waals surface area contributed by atoms with Crippen molar-refractivity contribution in [2.45, 2.75) is 4.90 Å². The minimum atomic E-state index is -0.0702. The minimum absolute atomic E-state index is 0.0702. The summed E-state index contributed by atoms with van der Waals surface area (Å²) in [4.78, 5) is 15.1. The van der Waals surface area contributed by atoms with Crippen molar-refractivity contribution in [1.29, 1.82) is 0 Å². The molecular formula is C27H20O2S. The van der Waals surface area contributed by atoms with E-state index < -0.39 is 0 Å². The highest BCUT2D eigenvalue weighted by Crippen LogP contribution is 2.36. The van der Waals surface area contributed by atoms with Crippen molar-refractivity contribution >= 4 is 23.3 Å². The van der Waals surface area contributed by atoms with Gasteiger partial charge in [0.25, 0.3) is 0 Å². The van der Waals surface area contributed by atoms with E-state index in [-0.39, 0.29) is 5.78 Å². The van der Waals surface area contributed by atoms with E-state index in [0.29, 0.717) is 22.0 Å². The van der Waals surface area contributed by atoms with Crippen LogP contribution in [0.15, 0.2) is 131 Å². The number of carbonyl (C=O) groups excluding carboxylic acids is 1. The minimum Gasteiger partial charge on any atom is -0.455 e. The maximum Gasteiger partial charge on any atom is 0.203 e. The van der Waals surface area contributed by atoms with E-state index in [1.807, 2.05) is 121 Å². The molecule has 4 aromatic rings. The van der Waals surface area contributed by atoms with Crippen LogP contribution in [-0.2, 0) is 0 Å². The van der Waals surface area contributed by atoms with E-state index in [9.17, 15) is 4.79 Å². The number of rotatable bonds is 7. The van der Waals surface area contributed by atoms with Gasteiger partial charge in [0.05, 0.1) is 0 Å². The average molecular weight is 409 g/mol. The summed E-state index contributed by atoms with van der Waals surface area (Å²) >= 11 is 1.42. The van der Waals surface area contributed by atoms with E-state index in [1.54, 1.807) is 0 Å². The zero-order chi connectivity index (χ0) is 20.6. The first kappa shape index (κ1) is 19.7. The Hall–Kier alpha value is -3.56. The molecule has 0 spiro atoms. The number of para-hydroxylation sites is 1. The summed E-state index contributed by atoms with van der Waals surface area (Å²) in [5, 5.41) is 0. The maximum atomic E-state index is 13.6. The number of Topliss-reactive ketones (excluding diaryl/α,β-unsaturated/α-hetero) is 1. The van der Waals surface area contributed by atoms with Crippen molar-refractivity contribution in [3.63, 3.8) is 0 Å². The van der Waals surface area contributed by atoms with Crippen LogP contribution in [0.4, 0.5) is 0 Å². The van der Waals surface area contributed by atoms with Crippen molar-refractivity contribution in [3.05, 3.63) is 137 Å². The predicted octanol–water partition coefficient (Wildman–Crippen LogP) is 7.11. The Morgan fingerprint density at radius 1 is 0.567 bits per heavy atom. The molecule has 0 N–H and O–H groups in total. The molecule has 0 aliphatic carbocycles. The van der Waals surface area contributed by atoms with E-state index in [2.05, 4.69) is 0 Å². The van der Waals surface area contributed by atoms with Crippen molar-refractivity contribution in [2.75, 3.05) is 0 Å². The maximum absolute atomic E-state index is 13.6. The number of hydrogen-bond acceptors (Lipinski definition) is 3. The monoisotopic (exact) mass is 408 g/mol. The van der Waals surface area contributed by atoms with E-state index in [0.717, 1.165) is 10.5 Å². The number of ether oxygens (including phenoxy) is 1. The normalized spacial score (nSPS) is 11.5. The molecule has 0 aliphatic rings. The molecule has 0 heterocycles. The Morgan fingerprint density at radius 3 is 1.60 bits per heavy atom. The molecule has 0 radical (unpaired) electrons. The molecule has 2 nitrogen and oxygen atoms in total. The lowest BCUT2D eigenvalue weighted by atomic mass is 10.1. The second kappa shape index (κ2) is 9.77. The lowest BCUT2D eigenvalue weighted by Gasteiger charge is -2.16. The van der Waals surface area contributed by atoms with E-state index in [4.69, 9.17) is 4.74 Å². The van der Waals surface area contributed by atoms with Crippen molar-refractivity contribution in [2.24, 2.45) is 0 Å². The Kier molecular flexibility index (Phi) is 6.43. The third-order valence-corrected chi connectivity index (χ3v) is 5.49. The third-order valence-electron chi connectivity index (χ3n) is 4.41. The highest BCUT2D eigenvalue weighted by molar-refractivity contribution is 8.04. The molecule has 0 aromatic heterocycles. The van der Waals surface area contributed by atoms with Gasteiger partial charge in [-0.2, -0.15) is 0 Å². The lowest BCUT2D eigenvalue weighted by molar-refractivity contribution is 0.104. The molecule has 146 valence electrons. The number of benzene rings is 4. The van der Waals surface area contributed by atoms with Gasteiger partial charge in [-0.25, -0.2) is 0 Å². The summed E-state index contributed by atoms with van der Waals surface area (Å²) in [7, 11) is 0. The highest BCUT2D eigenvalue weighted by Gasteiger charge is 2.22. The quantitative estimate of drug-likeness (QED) is 0.141. The van der Waals surface area contributed by atoms with Gasteiger partial charge in [0.15, 0.2) is 5.76 Å². The van der Waals surface area contributed by atoms with Crippen LogP contribution in [0, 0.1) is 0 Å². The van der Waals surface area contributed by atoms with Gasteiger partial charge >= 0.3 is 0 Å². The molecule has 3 heteroatoms. The molecule has 0 atom stereocenters. The molecule has 0 saturated carbocycles. The smallest absolute Gasteiger partial charge is 0.203 e. The topological polar surface area (TPSA) is 26.3 Å². The standard InChI is InChI=1S/C27H20O2S/c28-25(21-13-5-1-6-14-21)27(30-24-19-11-4-12-20-24)26(22-15-7-2-8-16-22)29-23-17-9-3-10-18-23/h1-20H/b27-26-. The molecule has 0 unspecified atom stereocenters. The number of hydrogen-bond donors (Lipinski definition) is 0. The van der Waals surface area contributed by atoms with Crippen LogP contribution in [-0.4, -0.2) is 5.78 Å². The summed E-state index contributed by atoms with van der Waals surface area (Å²) in [6.45, 7) is 0. The Morgan fingerprint density at radius 2 is 1.03 bits per heavy atom. The molecule has 0 saturated heterocycles. The van der Waals surface area contributed by atoms with Gasteiger partial charge in [0.1, 0.15) is 10.7 Å². The summed E-state index contributed by atoms with van der Waals surface area (Å²) in [6, 6.07) is 38.5. The second-order valence-corrected chi connectivity index (χ2v) is 7.63. The second-order valence-electron chi connectivity index (χ2n) is 6.55. The number of carbonyl (C=O) groups is 1. The summed E-state index contributed by atoms with van der Waals surface area (Å²) in [5.41, 5.74) is 1.48. The predicted molar refractivity (Wildman–Crippen MR) is 124 cm³/mol. The fourth-order valence-electron chi connectivity index (χ4n) is 2.96. The Labute approximate surface area is 180 Å². The van der Waals surface area contributed by atoms with Crippen LogP contribution < -0.4 is 4.74 Å². The first-order valence-corrected chi connectivity index (χ1v) is 10.5. The van der Waals surface area contributed by atoms with Crippen molar-refractivity contribution in [3.8, 4) is 5.75 Å². The van der Waals surface area contributed by atoms with Crippen LogP contribution in [0.1, 0.15) is 15.9 Å². The average Bonchev–Trinajstić information content (AvgIpc) is 2.83. The summed E-state index contributed by atoms with van der Waals surface area (Å²) < 4.78 is 6.32. The van der Waals surface area contributed by atoms with Gasteiger partial charge in [-0.3, -0.25) is 4.79 Å². The van der Waals surface area contributed by atoms with Crippen LogP contribution in [0.5, 0.6) is 5.75 Å². The van der Waals surface area contributed by atoms with Crippen LogP contribution >= 0.6 is 11.8 Å². The SMILES string of the molecule is O=C(/C(Sc1ccccc1)=C(/Oc1ccccc1)c1ccccc1)c1ccccc1. The zero-order valence-corrected chi connectivity index (χ0v) is 17.1. The molecule has 4 rings (SSSR count). The van der Waals surface area contributed by atoms with Crippen molar-refractivity contribution < 1.29 is 9.53 Å². The van der Waals surface area contributed by atoms with Gasteiger partial charge in [-0.1, -0.05) is 109 Å². The van der Waals surface area contributed by atoms with Crippen LogP contribution in [0.25, 0.3) is 5.76 Å². The molecule has 0 aliphatic heterocycles. The molecule has 0 bridgehead atoms. The Bertz CT molecular complexity index is 1120. The van der Waals surface area contributed by atoms with E-state index in [1.165, 1.54) is 11.8 Å².